The first kappa shape index (κ1) is 19.3. The normalized spacial score (nSPS) is 17.1. The molecule has 128 valence electrons. The first-order valence-corrected chi connectivity index (χ1v) is 7.08. The highest BCUT2D eigenvalue weighted by molar-refractivity contribution is 6.00. The molecule has 0 aromatic heterocycles. The van der Waals surface area contributed by atoms with E-state index in [1.165, 1.54) is 4.90 Å². The van der Waals surface area contributed by atoms with Crippen LogP contribution in [-0.4, -0.2) is 50.4 Å². The van der Waals surface area contributed by atoms with Gasteiger partial charge in [-0.05, 0) is 19.2 Å². The minimum atomic E-state index is -0.747. The first-order valence-electron chi connectivity index (χ1n) is 7.08. The number of amides is 2. The third-order valence-electron chi connectivity index (χ3n) is 3.71. The van der Waals surface area contributed by atoms with E-state index in [1.807, 2.05) is 0 Å². The van der Waals surface area contributed by atoms with Gasteiger partial charge in [-0.2, -0.15) is 0 Å². The van der Waals surface area contributed by atoms with Crippen molar-refractivity contribution in [1.82, 2.24) is 10.2 Å². The Kier molecular flexibility index (Phi) is 6.90. The summed E-state index contributed by atoms with van der Waals surface area (Å²) in [7, 11) is 3.46. The van der Waals surface area contributed by atoms with Crippen molar-refractivity contribution in [3.63, 3.8) is 0 Å². The summed E-state index contributed by atoms with van der Waals surface area (Å²) >= 11 is 0. The van der Waals surface area contributed by atoms with Gasteiger partial charge >= 0.3 is 0 Å². The van der Waals surface area contributed by atoms with E-state index in [2.05, 4.69) is 5.32 Å². The molecule has 0 aliphatic carbocycles. The Hall–Kier alpha value is -1.73. The van der Waals surface area contributed by atoms with Crippen LogP contribution in [0.4, 0.5) is 14.5 Å². The van der Waals surface area contributed by atoms with Crippen LogP contribution in [0, 0.1) is 17.6 Å². The number of carbonyl (C=O) groups excluding carboxylic acids is 2. The quantitative estimate of drug-likeness (QED) is 0.876. The van der Waals surface area contributed by atoms with Crippen LogP contribution < -0.4 is 10.2 Å². The van der Waals surface area contributed by atoms with Gasteiger partial charge in [-0.3, -0.25) is 9.59 Å². The van der Waals surface area contributed by atoms with E-state index in [4.69, 9.17) is 0 Å². The van der Waals surface area contributed by atoms with Gasteiger partial charge in [0.25, 0.3) is 0 Å². The minimum Gasteiger partial charge on any atom is -0.344 e. The second-order valence-corrected chi connectivity index (χ2v) is 5.40. The van der Waals surface area contributed by atoms with Crippen LogP contribution in [0.15, 0.2) is 18.2 Å². The number of likely N-dealkylation sites (N-methyl/N-ethyl adjacent to an activating group) is 2. The fourth-order valence-corrected chi connectivity index (χ4v) is 2.52. The van der Waals surface area contributed by atoms with Crippen LogP contribution in [0.5, 0.6) is 0 Å². The molecule has 0 radical (unpaired) electrons. The van der Waals surface area contributed by atoms with Gasteiger partial charge in [0.05, 0.1) is 5.92 Å². The average molecular weight is 348 g/mol. The minimum absolute atomic E-state index is 0. The lowest BCUT2D eigenvalue weighted by Crippen LogP contribution is -2.38. The fourth-order valence-electron chi connectivity index (χ4n) is 2.52. The zero-order valence-electron chi connectivity index (χ0n) is 13.0. The maximum absolute atomic E-state index is 13.3. The number of hydrogen-bond donors (Lipinski definition) is 1. The summed E-state index contributed by atoms with van der Waals surface area (Å²) in [6.07, 6.45) is 0.0564. The van der Waals surface area contributed by atoms with Gasteiger partial charge in [-0.15, -0.1) is 12.4 Å². The van der Waals surface area contributed by atoms with Crippen molar-refractivity contribution >= 4 is 29.9 Å². The Morgan fingerprint density at radius 3 is 2.52 bits per heavy atom. The topological polar surface area (TPSA) is 52.7 Å². The zero-order chi connectivity index (χ0) is 16.3. The van der Waals surface area contributed by atoms with Crippen LogP contribution in [0.3, 0.4) is 0 Å². The number of hydrogen-bond acceptors (Lipinski definition) is 3. The average Bonchev–Trinajstić information content (AvgIpc) is 2.84. The summed E-state index contributed by atoms with van der Waals surface area (Å²) in [5.74, 6) is -2.42. The van der Waals surface area contributed by atoms with E-state index in [0.29, 0.717) is 13.1 Å². The highest BCUT2D eigenvalue weighted by atomic mass is 35.5. The van der Waals surface area contributed by atoms with E-state index < -0.39 is 17.6 Å². The first-order chi connectivity index (χ1) is 10.4. The smallest absolute Gasteiger partial charge is 0.227 e. The van der Waals surface area contributed by atoms with Crippen LogP contribution in [0.2, 0.25) is 0 Å². The van der Waals surface area contributed by atoms with E-state index in [1.54, 1.807) is 19.0 Å². The van der Waals surface area contributed by atoms with Crippen LogP contribution >= 0.6 is 12.4 Å². The molecular formula is C15H20ClF2N3O2. The number of halogens is 3. The molecule has 0 spiro atoms. The third-order valence-corrected chi connectivity index (χ3v) is 3.71. The van der Waals surface area contributed by atoms with Gasteiger partial charge in [0.15, 0.2) is 0 Å². The Morgan fingerprint density at radius 1 is 1.35 bits per heavy atom. The molecule has 1 N–H and O–H groups in total. The molecule has 1 saturated heterocycles. The second kappa shape index (κ2) is 8.21. The molecule has 23 heavy (non-hydrogen) atoms. The van der Waals surface area contributed by atoms with Gasteiger partial charge in [-0.25, -0.2) is 8.78 Å². The largest absolute Gasteiger partial charge is 0.344 e. The van der Waals surface area contributed by atoms with Crippen molar-refractivity contribution in [3.8, 4) is 0 Å². The van der Waals surface area contributed by atoms with Gasteiger partial charge in [-0.1, -0.05) is 0 Å². The predicted octanol–water partition coefficient (Wildman–Crippen LogP) is 1.42. The molecule has 1 aliphatic heterocycles. The predicted molar refractivity (Wildman–Crippen MR) is 85.6 cm³/mol. The van der Waals surface area contributed by atoms with Gasteiger partial charge in [0, 0.05) is 44.9 Å². The lowest BCUT2D eigenvalue weighted by molar-refractivity contribution is -0.134. The molecular weight excluding hydrogens is 328 g/mol. The number of benzene rings is 1. The molecule has 1 heterocycles. The van der Waals surface area contributed by atoms with Gasteiger partial charge < -0.3 is 15.1 Å². The van der Waals surface area contributed by atoms with Crippen molar-refractivity contribution < 1.29 is 18.4 Å². The number of nitrogens with one attached hydrogen (secondary N) is 1. The molecule has 1 unspecified atom stereocenters. The molecule has 1 atom stereocenters. The van der Waals surface area contributed by atoms with Crippen molar-refractivity contribution in [2.45, 2.75) is 6.42 Å². The summed E-state index contributed by atoms with van der Waals surface area (Å²) in [4.78, 5) is 27.1. The summed E-state index contributed by atoms with van der Waals surface area (Å²) in [6.45, 7) is 1.33. The van der Waals surface area contributed by atoms with E-state index in [0.717, 1.165) is 18.2 Å². The Bertz CT molecular complexity index is 566. The van der Waals surface area contributed by atoms with Crippen LogP contribution in [-0.2, 0) is 9.59 Å². The van der Waals surface area contributed by atoms with Crippen molar-refractivity contribution in [2.24, 2.45) is 5.92 Å². The Morgan fingerprint density at radius 2 is 1.96 bits per heavy atom. The molecule has 1 fully saturated rings. The fraction of sp³-hybridized carbons (Fsp3) is 0.467. The number of nitrogens with zero attached hydrogens (tertiary/aromatic N) is 2. The van der Waals surface area contributed by atoms with Crippen LogP contribution in [0.25, 0.3) is 0 Å². The molecule has 2 amide bonds. The molecule has 0 bridgehead atoms. The summed E-state index contributed by atoms with van der Waals surface area (Å²) in [5.41, 5.74) is 0.149. The molecule has 8 heteroatoms. The van der Waals surface area contributed by atoms with E-state index in [9.17, 15) is 18.4 Å². The Balaban J connectivity index is 0.00000264. The standard InChI is InChI=1S/C15H19F2N3O2.ClH/c1-18-3-4-19(2)15(22)10-5-14(21)20(9-10)13-7-11(16)6-12(17)8-13;/h6-8,10,18H,3-5,9H2,1-2H3;1H. The van der Waals surface area contributed by atoms with Crippen molar-refractivity contribution in [3.05, 3.63) is 29.8 Å². The third kappa shape index (κ3) is 4.62. The zero-order valence-corrected chi connectivity index (χ0v) is 13.8. The maximum Gasteiger partial charge on any atom is 0.227 e. The van der Waals surface area contributed by atoms with Gasteiger partial charge in [0.2, 0.25) is 11.8 Å². The maximum atomic E-state index is 13.3. The number of rotatable bonds is 5. The highest BCUT2D eigenvalue weighted by Gasteiger charge is 2.36. The van der Waals surface area contributed by atoms with E-state index in [-0.39, 0.29) is 42.9 Å². The Labute approximate surface area is 140 Å². The van der Waals surface area contributed by atoms with Gasteiger partial charge in [0.1, 0.15) is 11.6 Å². The SMILES string of the molecule is CNCCN(C)C(=O)C1CC(=O)N(c2cc(F)cc(F)c2)C1.Cl. The summed E-state index contributed by atoms with van der Waals surface area (Å²) in [5, 5.41) is 2.95. The molecule has 1 aromatic rings. The second-order valence-electron chi connectivity index (χ2n) is 5.40. The molecule has 1 aliphatic rings. The highest BCUT2D eigenvalue weighted by Crippen LogP contribution is 2.27. The number of carbonyl (C=O) groups is 2. The monoisotopic (exact) mass is 347 g/mol. The molecule has 2 rings (SSSR count). The summed E-state index contributed by atoms with van der Waals surface area (Å²) < 4.78 is 26.5. The van der Waals surface area contributed by atoms with E-state index >= 15 is 0 Å². The molecule has 5 nitrogen and oxygen atoms in total. The number of anilines is 1. The summed E-state index contributed by atoms with van der Waals surface area (Å²) in [6, 6.07) is 2.94. The molecule has 1 aromatic carbocycles. The lowest BCUT2D eigenvalue weighted by Gasteiger charge is -2.21. The van der Waals surface area contributed by atoms with Crippen molar-refractivity contribution in [1.29, 1.82) is 0 Å². The van der Waals surface area contributed by atoms with Crippen LogP contribution in [0.1, 0.15) is 6.42 Å². The molecule has 0 saturated carbocycles. The lowest BCUT2D eigenvalue weighted by atomic mass is 10.1. The van der Waals surface area contributed by atoms with Crippen molar-refractivity contribution in [2.75, 3.05) is 38.6 Å².